The van der Waals surface area contributed by atoms with Crippen LogP contribution in [0.2, 0.25) is 0 Å². The lowest BCUT2D eigenvalue weighted by Gasteiger charge is -2.09. The van der Waals surface area contributed by atoms with Crippen molar-refractivity contribution < 1.29 is 4.79 Å². The van der Waals surface area contributed by atoms with Crippen LogP contribution in [0.5, 0.6) is 0 Å². The Labute approximate surface area is 63.3 Å². The molecule has 4 heteroatoms. The first-order valence-corrected chi connectivity index (χ1v) is 3.72. The number of carbonyl (C=O) groups excluding carboxylic acids is 1. The molecule has 1 amide bonds. The van der Waals surface area contributed by atoms with E-state index in [-0.39, 0.29) is 5.91 Å². The highest BCUT2D eigenvalue weighted by atomic mass is 32.1. The highest BCUT2D eigenvalue weighted by Crippen LogP contribution is 2.16. The molecule has 1 rings (SSSR count). The van der Waals surface area contributed by atoms with E-state index in [4.69, 9.17) is 0 Å². The molecule has 0 N–H and O–H groups in total. The highest BCUT2D eigenvalue weighted by molar-refractivity contribution is 7.14. The standard InChI is InChI=1S/C6H8N2OS/c1-5(9)8(2)6-3-7-4-10-6/h3-4H,1-2H3. The summed E-state index contributed by atoms with van der Waals surface area (Å²) < 4.78 is 0. The minimum absolute atomic E-state index is 0.0317. The highest BCUT2D eigenvalue weighted by Gasteiger charge is 2.04. The topological polar surface area (TPSA) is 33.2 Å². The second kappa shape index (κ2) is 2.79. The number of amides is 1. The maximum absolute atomic E-state index is 10.7. The van der Waals surface area contributed by atoms with Crippen molar-refractivity contribution in [3.05, 3.63) is 11.7 Å². The van der Waals surface area contributed by atoms with Gasteiger partial charge in [0.15, 0.2) is 0 Å². The number of hydrogen-bond donors (Lipinski definition) is 0. The zero-order valence-electron chi connectivity index (χ0n) is 5.87. The summed E-state index contributed by atoms with van der Waals surface area (Å²) in [5, 5.41) is 0.882. The quantitative estimate of drug-likeness (QED) is 0.610. The Hall–Kier alpha value is -0.900. The fourth-order valence-electron chi connectivity index (χ4n) is 0.530. The first-order valence-electron chi connectivity index (χ1n) is 2.84. The molecule has 0 fully saturated rings. The summed E-state index contributed by atoms with van der Waals surface area (Å²) in [4.78, 5) is 16.2. The van der Waals surface area contributed by atoms with Crippen molar-refractivity contribution in [1.29, 1.82) is 0 Å². The van der Waals surface area contributed by atoms with Crippen LogP contribution < -0.4 is 4.90 Å². The van der Waals surface area contributed by atoms with Crippen LogP contribution in [-0.2, 0) is 4.79 Å². The van der Waals surface area contributed by atoms with Crippen LogP contribution in [0.15, 0.2) is 11.7 Å². The lowest BCUT2D eigenvalue weighted by Crippen LogP contribution is -2.21. The normalized spacial score (nSPS) is 9.40. The van der Waals surface area contributed by atoms with Crippen molar-refractivity contribution in [2.75, 3.05) is 11.9 Å². The molecule has 0 bridgehead atoms. The van der Waals surface area contributed by atoms with Crippen LogP contribution in [-0.4, -0.2) is 17.9 Å². The number of nitrogens with zero attached hydrogens (tertiary/aromatic N) is 2. The minimum Gasteiger partial charge on any atom is -0.306 e. The van der Waals surface area contributed by atoms with Crippen LogP contribution in [0.4, 0.5) is 5.00 Å². The van der Waals surface area contributed by atoms with Crippen LogP contribution in [0.1, 0.15) is 6.92 Å². The lowest BCUT2D eigenvalue weighted by atomic mass is 10.6. The van der Waals surface area contributed by atoms with Gasteiger partial charge in [-0.2, -0.15) is 0 Å². The molecule has 54 valence electrons. The van der Waals surface area contributed by atoms with E-state index in [1.807, 2.05) is 0 Å². The minimum atomic E-state index is 0.0317. The molecule has 0 aliphatic heterocycles. The monoisotopic (exact) mass is 156 g/mol. The molecule has 1 aromatic heterocycles. The smallest absolute Gasteiger partial charge is 0.224 e. The summed E-state index contributed by atoms with van der Waals surface area (Å²) in [5.74, 6) is 0.0317. The molecule has 1 heterocycles. The molecular formula is C6H8N2OS. The zero-order valence-corrected chi connectivity index (χ0v) is 6.68. The van der Waals surface area contributed by atoms with E-state index in [1.165, 1.54) is 18.3 Å². The van der Waals surface area contributed by atoms with Crippen LogP contribution >= 0.6 is 11.3 Å². The Balaban J connectivity index is 2.77. The fraction of sp³-hybridized carbons (Fsp3) is 0.333. The summed E-state index contributed by atoms with van der Waals surface area (Å²) in [6.07, 6.45) is 1.67. The van der Waals surface area contributed by atoms with E-state index in [0.29, 0.717) is 0 Å². The Kier molecular flexibility index (Phi) is 2.01. The van der Waals surface area contributed by atoms with Gasteiger partial charge in [0, 0.05) is 14.0 Å². The second-order valence-electron chi connectivity index (χ2n) is 1.92. The van der Waals surface area contributed by atoms with Gasteiger partial charge in [-0.1, -0.05) is 0 Å². The van der Waals surface area contributed by atoms with Crippen molar-refractivity contribution in [3.63, 3.8) is 0 Å². The Morgan fingerprint density at radius 2 is 2.50 bits per heavy atom. The van der Waals surface area contributed by atoms with Gasteiger partial charge in [0.05, 0.1) is 11.7 Å². The first-order chi connectivity index (χ1) is 4.72. The van der Waals surface area contributed by atoms with E-state index >= 15 is 0 Å². The molecule has 0 saturated carbocycles. The van der Waals surface area contributed by atoms with Gasteiger partial charge in [0.2, 0.25) is 5.91 Å². The van der Waals surface area contributed by atoms with Crippen molar-refractivity contribution in [2.45, 2.75) is 6.92 Å². The summed E-state index contributed by atoms with van der Waals surface area (Å²) >= 11 is 1.45. The van der Waals surface area contributed by atoms with Crippen molar-refractivity contribution in [1.82, 2.24) is 4.98 Å². The van der Waals surface area contributed by atoms with Crippen LogP contribution in [0.3, 0.4) is 0 Å². The molecule has 3 nitrogen and oxygen atoms in total. The average Bonchev–Trinajstić information content (AvgIpc) is 2.36. The zero-order chi connectivity index (χ0) is 7.56. The number of aromatic nitrogens is 1. The van der Waals surface area contributed by atoms with E-state index in [2.05, 4.69) is 4.98 Å². The van der Waals surface area contributed by atoms with Crippen molar-refractivity contribution >= 4 is 22.2 Å². The van der Waals surface area contributed by atoms with Gasteiger partial charge in [-0.25, -0.2) is 0 Å². The molecule has 0 aliphatic carbocycles. The molecule has 0 unspecified atom stereocenters. The van der Waals surface area contributed by atoms with E-state index in [1.54, 1.807) is 23.7 Å². The van der Waals surface area contributed by atoms with Gasteiger partial charge in [-0.3, -0.25) is 9.78 Å². The van der Waals surface area contributed by atoms with Gasteiger partial charge in [-0.05, 0) is 0 Å². The second-order valence-corrected chi connectivity index (χ2v) is 2.78. The Morgan fingerprint density at radius 3 is 2.90 bits per heavy atom. The molecule has 0 saturated heterocycles. The molecule has 0 radical (unpaired) electrons. The number of hydrogen-bond acceptors (Lipinski definition) is 3. The van der Waals surface area contributed by atoms with Gasteiger partial charge >= 0.3 is 0 Å². The third kappa shape index (κ3) is 1.33. The average molecular weight is 156 g/mol. The third-order valence-corrected chi connectivity index (χ3v) is 2.07. The molecule has 0 spiro atoms. The Bertz CT molecular complexity index is 220. The third-order valence-electron chi connectivity index (χ3n) is 1.22. The predicted molar refractivity (Wildman–Crippen MR) is 41.2 cm³/mol. The van der Waals surface area contributed by atoms with Gasteiger partial charge in [0.25, 0.3) is 0 Å². The van der Waals surface area contributed by atoms with E-state index in [0.717, 1.165) is 5.00 Å². The molecule has 10 heavy (non-hydrogen) atoms. The maximum Gasteiger partial charge on any atom is 0.224 e. The summed E-state index contributed by atoms with van der Waals surface area (Å²) in [6.45, 7) is 1.53. The van der Waals surface area contributed by atoms with E-state index in [9.17, 15) is 4.79 Å². The summed E-state index contributed by atoms with van der Waals surface area (Å²) in [7, 11) is 1.73. The number of thiazole rings is 1. The molecule has 0 aromatic carbocycles. The van der Waals surface area contributed by atoms with Crippen LogP contribution in [0, 0.1) is 0 Å². The fourth-order valence-corrected chi connectivity index (χ4v) is 1.17. The molecular weight excluding hydrogens is 148 g/mol. The maximum atomic E-state index is 10.7. The predicted octanol–water partition coefficient (Wildman–Crippen LogP) is 1.13. The van der Waals surface area contributed by atoms with Crippen molar-refractivity contribution in [2.24, 2.45) is 0 Å². The molecule has 0 atom stereocenters. The van der Waals surface area contributed by atoms with Gasteiger partial charge in [-0.15, -0.1) is 11.3 Å². The first kappa shape index (κ1) is 7.21. The van der Waals surface area contributed by atoms with E-state index < -0.39 is 0 Å². The summed E-state index contributed by atoms with van der Waals surface area (Å²) in [6, 6.07) is 0. The van der Waals surface area contributed by atoms with Gasteiger partial charge < -0.3 is 4.90 Å². The van der Waals surface area contributed by atoms with Crippen molar-refractivity contribution in [3.8, 4) is 0 Å². The number of anilines is 1. The Morgan fingerprint density at radius 1 is 1.80 bits per heavy atom. The van der Waals surface area contributed by atoms with Crippen LogP contribution in [0.25, 0.3) is 0 Å². The summed E-state index contributed by atoms with van der Waals surface area (Å²) in [5.41, 5.74) is 1.70. The number of carbonyl (C=O) groups is 1. The number of rotatable bonds is 1. The lowest BCUT2D eigenvalue weighted by molar-refractivity contribution is -0.116. The van der Waals surface area contributed by atoms with Gasteiger partial charge in [0.1, 0.15) is 5.00 Å². The SMILES string of the molecule is CC(=O)N(C)c1cncs1. The molecule has 1 aromatic rings. The largest absolute Gasteiger partial charge is 0.306 e. The molecule has 0 aliphatic rings.